The van der Waals surface area contributed by atoms with E-state index in [1.54, 1.807) is 38.3 Å². The standard InChI is InChI=1S/C19H20N6O3/c1-12-6-4-5-7-16(12)23-24-19-20-13(2)17(25(26)27)18(22-19)21-14-8-10-15(28-3)11-9-14/h4-11,23H,1-3H3,(H2,20,21,22,24). The van der Waals surface area contributed by atoms with E-state index in [-0.39, 0.29) is 23.1 Å². The molecule has 3 aromatic rings. The third-order valence-electron chi connectivity index (χ3n) is 4.05. The minimum atomic E-state index is -0.500. The zero-order valence-corrected chi connectivity index (χ0v) is 15.7. The first kappa shape index (κ1) is 18.9. The summed E-state index contributed by atoms with van der Waals surface area (Å²) in [6.07, 6.45) is 0. The Hall–Kier alpha value is -3.88. The predicted octanol–water partition coefficient (Wildman–Crippen LogP) is 4.19. The van der Waals surface area contributed by atoms with Gasteiger partial charge in [0.25, 0.3) is 0 Å². The number of aromatic nitrogens is 2. The first-order chi connectivity index (χ1) is 13.5. The summed E-state index contributed by atoms with van der Waals surface area (Å²) in [4.78, 5) is 19.4. The molecule has 0 atom stereocenters. The van der Waals surface area contributed by atoms with Crippen LogP contribution in [0, 0.1) is 24.0 Å². The van der Waals surface area contributed by atoms with Crippen molar-refractivity contribution in [1.29, 1.82) is 0 Å². The van der Waals surface area contributed by atoms with Gasteiger partial charge in [0.05, 0.1) is 17.7 Å². The van der Waals surface area contributed by atoms with Gasteiger partial charge in [-0.2, -0.15) is 4.98 Å². The number of benzene rings is 2. The Morgan fingerprint density at radius 2 is 1.71 bits per heavy atom. The molecule has 0 spiro atoms. The third kappa shape index (κ3) is 4.26. The van der Waals surface area contributed by atoms with Gasteiger partial charge in [-0.25, -0.2) is 4.98 Å². The highest BCUT2D eigenvalue weighted by molar-refractivity contribution is 5.69. The van der Waals surface area contributed by atoms with Crippen LogP contribution in [0.3, 0.4) is 0 Å². The number of rotatable bonds is 7. The van der Waals surface area contributed by atoms with Crippen LogP contribution >= 0.6 is 0 Å². The Balaban J connectivity index is 1.88. The fourth-order valence-electron chi connectivity index (χ4n) is 2.58. The summed E-state index contributed by atoms with van der Waals surface area (Å²) < 4.78 is 5.12. The number of nitrogens with zero attached hydrogens (tertiary/aromatic N) is 3. The van der Waals surface area contributed by atoms with Gasteiger partial charge < -0.3 is 10.1 Å². The van der Waals surface area contributed by atoms with Gasteiger partial charge in [-0.05, 0) is 49.7 Å². The van der Waals surface area contributed by atoms with E-state index in [1.165, 1.54) is 0 Å². The lowest BCUT2D eigenvalue weighted by Crippen LogP contribution is -2.14. The van der Waals surface area contributed by atoms with Crippen molar-refractivity contribution in [2.75, 3.05) is 23.3 Å². The van der Waals surface area contributed by atoms with E-state index in [0.717, 1.165) is 11.3 Å². The number of aryl methyl sites for hydroxylation is 2. The number of hydrogen-bond donors (Lipinski definition) is 3. The average Bonchev–Trinajstić information content (AvgIpc) is 2.67. The molecule has 0 saturated carbocycles. The second kappa shape index (κ2) is 8.21. The molecule has 0 bridgehead atoms. The Morgan fingerprint density at radius 3 is 2.36 bits per heavy atom. The molecule has 0 saturated heterocycles. The number of anilines is 4. The molecule has 1 aromatic heterocycles. The number of nitrogens with one attached hydrogen (secondary N) is 3. The maximum absolute atomic E-state index is 11.5. The molecule has 0 aliphatic carbocycles. The third-order valence-corrected chi connectivity index (χ3v) is 4.05. The molecule has 0 fully saturated rings. The monoisotopic (exact) mass is 380 g/mol. The van der Waals surface area contributed by atoms with E-state index in [2.05, 4.69) is 26.1 Å². The number of hydrogen-bond acceptors (Lipinski definition) is 8. The van der Waals surface area contributed by atoms with Crippen molar-refractivity contribution < 1.29 is 9.66 Å². The molecule has 9 nitrogen and oxygen atoms in total. The average molecular weight is 380 g/mol. The molecule has 0 amide bonds. The van der Waals surface area contributed by atoms with Crippen LogP contribution in [0.2, 0.25) is 0 Å². The van der Waals surface area contributed by atoms with E-state index >= 15 is 0 Å². The normalized spacial score (nSPS) is 10.2. The number of hydrazine groups is 1. The molecule has 3 N–H and O–H groups in total. The minimum absolute atomic E-state index is 0.0942. The molecule has 144 valence electrons. The Kier molecular flexibility index (Phi) is 5.54. The van der Waals surface area contributed by atoms with Crippen molar-refractivity contribution in [2.24, 2.45) is 0 Å². The highest BCUT2D eigenvalue weighted by Gasteiger charge is 2.22. The van der Waals surface area contributed by atoms with Gasteiger partial charge >= 0.3 is 5.69 Å². The molecule has 9 heteroatoms. The van der Waals surface area contributed by atoms with Crippen LogP contribution in [0.25, 0.3) is 0 Å². The van der Waals surface area contributed by atoms with Crippen LogP contribution in [0.4, 0.5) is 28.8 Å². The Morgan fingerprint density at radius 1 is 1.00 bits per heavy atom. The molecule has 0 aliphatic heterocycles. The highest BCUT2D eigenvalue weighted by Crippen LogP contribution is 2.30. The van der Waals surface area contributed by atoms with Gasteiger partial charge in [-0.15, -0.1) is 0 Å². The number of ether oxygens (including phenoxy) is 1. The molecule has 0 aliphatic rings. The van der Waals surface area contributed by atoms with E-state index in [0.29, 0.717) is 11.4 Å². The molecule has 0 unspecified atom stereocenters. The van der Waals surface area contributed by atoms with Crippen LogP contribution < -0.4 is 20.9 Å². The lowest BCUT2D eigenvalue weighted by molar-refractivity contribution is -0.385. The van der Waals surface area contributed by atoms with Crippen molar-refractivity contribution >= 4 is 28.8 Å². The lowest BCUT2D eigenvalue weighted by Gasteiger charge is -2.13. The molecule has 1 heterocycles. The van der Waals surface area contributed by atoms with Crippen LogP contribution in [0.15, 0.2) is 48.5 Å². The number of methoxy groups -OCH3 is 1. The number of para-hydroxylation sites is 1. The van der Waals surface area contributed by atoms with Gasteiger partial charge in [0.2, 0.25) is 11.8 Å². The van der Waals surface area contributed by atoms with Crippen LogP contribution in [0.1, 0.15) is 11.3 Å². The van der Waals surface area contributed by atoms with Gasteiger partial charge in [0.15, 0.2) is 0 Å². The summed E-state index contributed by atoms with van der Waals surface area (Å²) in [5, 5.41) is 14.5. The van der Waals surface area contributed by atoms with Gasteiger partial charge in [-0.1, -0.05) is 18.2 Å². The minimum Gasteiger partial charge on any atom is -0.497 e. The molecule has 3 rings (SSSR count). The summed E-state index contributed by atoms with van der Waals surface area (Å²) in [6, 6.07) is 14.7. The smallest absolute Gasteiger partial charge is 0.332 e. The van der Waals surface area contributed by atoms with E-state index in [1.807, 2.05) is 31.2 Å². The number of nitro groups is 1. The quantitative estimate of drug-likeness (QED) is 0.413. The molecule has 2 aromatic carbocycles. The first-order valence-corrected chi connectivity index (χ1v) is 8.49. The van der Waals surface area contributed by atoms with Gasteiger partial charge in [0, 0.05) is 5.69 Å². The maximum atomic E-state index is 11.5. The Labute approximate surface area is 161 Å². The maximum Gasteiger partial charge on any atom is 0.332 e. The van der Waals surface area contributed by atoms with E-state index < -0.39 is 4.92 Å². The summed E-state index contributed by atoms with van der Waals surface area (Å²) in [5.41, 5.74) is 8.50. The van der Waals surface area contributed by atoms with Crippen molar-refractivity contribution in [2.45, 2.75) is 13.8 Å². The highest BCUT2D eigenvalue weighted by atomic mass is 16.6. The predicted molar refractivity (Wildman–Crippen MR) is 108 cm³/mol. The summed E-state index contributed by atoms with van der Waals surface area (Å²) in [5.74, 6) is 0.989. The fraction of sp³-hybridized carbons (Fsp3) is 0.158. The second-order valence-corrected chi connectivity index (χ2v) is 6.01. The molecular weight excluding hydrogens is 360 g/mol. The summed E-state index contributed by atoms with van der Waals surface area (Å²) >= 11 is 0. The summed E-state index contributed by atoms with van der Waals surface area (Å²) in [7, 11) is 1.57. The molecular formula is C19H20N6O3. The van der Waals surface area contributed by atoms with Gasteiger partial charge in [-0.3, -0.25) is 21.0 Å². The van der Waals surface area contributed by atoms with Gasteiger partial charge in [0.1, 0.15) is 11.4 Å². The van der Waals surface area contributed by atoms with Crippen LogP contribution in [-0.2, 0) is 0 Å². The van der Waals surface area contributed by atoms with Crippen molar-refractivity contribution in [3.8, 4) is 5.75 Å². The van der Waals surface area contributed by atoms with Crippen LogP contribution in [-0.4, -0.2) is 22.0 Å². The van der Waals surface area contributed by atoms with Crippen molar-refractivity contribution in [3.05, 3.63) is 69.9 Å². The van der Waals surface area contributed by atoms with Crippen molar-refractivity contribution in [1.82, 2.24) is 9.97 Å². The van der Waals surface area contributed by atoms with Crippen molar-refractivity contribution in [3.63, 3.8) is 0 Å². The Bertz CT molecular complexity index is 991. The molecule has 28 heavy (non-hydrogen) atoms. The zero-order chi connectivity index (χ0) is 20.1. The lowest BCUT2D eigenvalue weighted by atomic mass is 10.2. The van der Waals surface area contributed by atoms with Crippen LogP contribution in [0.5, 0.6) is 5.75 Å². The fourth-order valence-corrected chi connectivity index (χ4v) is 2.58. The summed E-state index contributed by atoms with van der Waals surface area (Å²) in [6.45, 7) is 3.53. The van der Waals surface area contributed by atoms with E-state index in [4.69, 9.17) is 4.74 Å². The first-order valence-electron chi connectivity index (χ1n) is 8.49. The molecule has 0 radical (unpaired) electrons. The van der Waals surface area contributed by atoms with E-state index in [9.17, 15) is 10.1 Å². The largest absolute Gasteiger partial charge is 0.497 e. The topological polar surface area (TPSA) is 114 Å². The zero-order valence-electron chi connectivity index (χ0n) is 15.7. The second-order valence-electron chi connectivity index (χ2n) is 6.01. The SMILES string of the molecule is COc1ccc(Nc2nc(NNc3ccccc3C)nc(C)c2[N+](=O)[O-])cc1.